The Hall–Kier alpha value is -0.620. The number of nitrogens with two attached hydrogens (primary N) is 1. The molecule has 0 bridgehead atoms. The fraction of sp³-hybridized carbons (Fsp3) is 0.400. The summed E-state index contributed by atoms with van der Waals surface area (Å²) in [7, 11) is 0. The van der Waals surface area contributed by atoms with E-state index in [-0.39, 0.29) is 18.2 Å². The summed E-state index contributed by atoms with van der Waals surface area (Å²) >= 11 is 1.17. The minimum Gasteiger partial charge on any atom is -0.394 e. The van der Waals surface area contributed by atoms with Gasteiger partial charge in [0.2, 0.25) is 0 Å². The van der Waals surface area contributed by atoms with E-state index in [1.807, 2.05) is 0 Å². The van der Waals surface area contributed by atoms with E-state index in [4.69, 9.17) is 15.9 Å². The lowest BCUT2D eigenvalue weighted by Gasteiger charge is -2.08. The van der Waals surface area contributed by atoms with Crippen LogP contribution in [0.25, 0.3) is 0 Å². The summed E-state index contributed by atoms with van der Waals surface area (Å²) < 4.78 is 13.4. The quantitative estimate of drug-likeness (QED) is 0.654. The second kappa shape index (κ2) is 6.07. The molecule has 84 valence electrons. The lowest BCUT2D eigenvalue weighted by Crippen LogP contribution is -2.14. The number of thioether (sulfide) groups is 1. The van der Waals surface area contributed by atoms with Crippen LogP contribution in [0.3, 0.4) is 0 Å². The first-order chi connectivity index (χ1) is 7.17. The van der Waals surface area contributed by atoms with Gasteiger partial charge in [-0.2, -0.15) is 0 Å². The van der Waals surface area contributed by atoms with E-state index in [2.05, 4.69) is 0 Å². The summed E-state index contributed by atoms with van der Waals surface area (Å²) in [5, 5.41) is 17.7. The Kier molecular flexibility index (Phi) is 5.04. The van der Waals surface area contributed by atoms with Crippen molar-refractivity contribution in [2.45, 2.75) is 17.5 Å². The van der Waals surface area contributed by atoms with Crippen molar-refractivity contribution in [3.05, 3.63) is 29.6 Å². The van der Waals surface area contributed by atoms with Crippen LogP contribution in [0.1, 0.15) is 5.56 Å². The zero-order valence-corrected chi connectivity index (χ0v) is 9.01. The third-order valence-electron chi connectivity index (χ3n) is 1.87. The summed E-state index contributed by atoms with van der Waals surface area (Å²) in [6.07, 6.45) is -0.816. The van der Waals surface area contributed by atoms with Crippen molar-refractivity contribution >= 4 is 11.8 Å². The number of hydrogen-bond acceptors (Lipinski definition) is 4. The Morgan fingerprint density at radius 2 is 2.20 bits per heavy atom. The minimum atomic E-state index is -0.816. The zero-order chi connectivity index (χ0) is 11.3. The van der Waals surface area contributed by atoms with Crippen molar-refractivity contribution in [3.63, 3.8) is 0 Å². The van der Waals surface area contributed by atoms with Crippen LogP contribution in [0.15, 0.2) is 23.1 Å². The smallest absolute Gasteiger partial charge is 0.137 e. The molecule has 0 radical (unpaired) electrons. The molecule has 1 unspecified atom stereocenters. The van der Waals surface area contributed by atoms with Crippen molar-refractivity contribution in [2.75, 3.05) is 12.4 Å². The predicted molar refractivity (Wildman–Crippen MR) is 58.1 cm³/mol. The van der Waals surface area contributed by atoms with Gasteiger partial charge in [-0.15, -0.1) is 11.8 Å². The summed E-state index contributed by atoms with van der Waals surface area (Å²) in [4.78, 5) is 0.458. The number of aliphatic hydroxyl groups is 2. The SMILES string of the molecule is NCc1ccc(SCC(O)CO)c(F)c1. The highest BCUT2D eigenvalue weighted by atomic mass is 32.2. The van der Waals surface area contributed by atoms with Gasteiger partial charge in [0.25, 0.3) is 0 Å². The number of aliphatic hydroxyl groups excluding tert-OH is 2. The van der Waals surface area contributed by atoms with Gasteiger partial charge in [-0.3, -0.25) is 0 Å². The fourth-order valence-electron chi connectivity index (χ4n) is 1.03. The van der Waals surface area contributed by atoms with Gasteiger partial charge in [0.05, 0.1) is 12.7 Å². The van der Waals surface area contributed by atoms with Crippen LogP contribution in [0.5, 0.6) is 0 Å². The highest BCUT2D eigenvalue weighted by Gasteiger charge is 2.07. The lowest BCUT2D eigenvalue weighted by molar-refractivity contribution is 0.113. The molecule has 0 aliphatic rings. The van der Waals surface area contributed by atoms with Crippen LogP contribution in [0, 0.1) is 5.82 Å². The third-order valence-corrected chi connectivity index (χ3v) is 3.07. The van der Waals surface area contributed by atoms with Crippen molar-refractivity contribution in [1.82, 2.24) is 0 Å². The van der Waals surface area contributed by atoms with E-state index < -0.39 is 6.10 Å². The Morgan fingerprint density at radius 1 is 1.47 bits per heavy atom. The first-order valence-corrected chi connectivity index (χ1v) is 5.56. The third kappa shape index (κ3) is 3.79. The van der Waals surface area contributed by atoms with Crippen LogP contribution < -0.4 is 5.73 Å². The van der Waals surface area contributed by atoms with Crippen molar-refractivity contribution in [3.8, 4) is 0 Å². The predicted octanol–water partition coefficient (Wildman–Crippen LogP) is 0.730. The number of hydrogen-bond donors (Lipinski definition) is 3. The van der Waals surface area contributed by atoms with Gasteiger partial charge >= 0.3 is 0 Å². The summed E-state index contributed by atoms with van der Waals surface area (Å²) in [5.41, 5.74) is 6.10. The van der Waals surface area contributed by atoms with E-state index >= 15 is 0 Å². The molecule has 1 aromatic rings. The molecule has 15 heavy (non-hydrogen) atoms. The topological polar surface area (TPSA) is 66.5 Å². The first kappa shape index (κ1) is 12.4. The Morgan fingerprint density at radius 3 is 2.73 bits per heavy atom. The minimum absolute atomic E-state index is 0.273. The molecule has 0 saturated heterocycles. The van der Waals surface area contributed by atoms with Gasteiger partial charge in [0, 0.05) is 17.2 Å². The molecular weight excluding hydrogens is 217 g/mol. The first-order valence-electron chi connectivity index (χ1n) is 4.57. The average Bonchev–Trinajstić information content (AvgIpc) is 2.26. The second-order valence-electron chi connectivity index (χ2n) is 3.12. The molecule has 4 N–H and O–H groups in total. The summed E-state index contributed by atoms with van der Waals surface area (Å²) in [5.74, 6) is -0.0665. The molecule has 0 saturated carbocycles. The standard InChI is InChI=1S/C10H14FNO2S/c11-9-3-7(4-12)1-2-10(9)15-6-8(14)5-13/h1-3,8,13-14H,4-6,12H2. The Bertz CT molecular complexity index is 322. The molecule has 0 amide bonds. The van der Waals surface area contributed by atoms with Crippen LogP contribution >= 0.6 is 11.8 Å². The van der Waals surface area contributed by atoms with Gasteiger partial charge in [0.1, 0.15) is 5.82 Å². The monoisotopic (exact) mass is 231 g/mol. The molecule has 5 heteroatoms. The Balaban J connectivity index is 2.62. The molecular formula is C10H14FNO2S. The maximum Gasteiger partial charge on any atom is 0.137 e. The van der Waals surface area contributed by atoms with E-state index in [0.717, 1.165) is 5.56 Å². The maximum absolute atomic E-state index is 13.4. The van der Waals surface area contributed by atoms with Gasteiger partial charge in [0.15, 0.2) is 0 Å². The molecule has 1 aromatic carbocycles. The summed E-state index contributed by atoms with van der Waals surface area (Å²) in [6, 6.07) is 4.76. The molecule has 0 aliphatic heterocycles. The van der Waals surface area contributed by atoms with Gasteiger partial charge in [-0.05, 0) is 17.7 Å². The molecule has 0 fully saturated rings. The van der Waals surface area contributed by atoms with Gasteiger partial charge < -0.3 is 15.9 Å². The van der Waals surface area contributed by atoms with Crippen molar-refractivity contribution in [1.29, 1.82) is 0 Å². The van der Waals surface area contributed by atoms with Gasteiger partial charge in [-0.1, -0.05) is 6.07 Å². The molecule has 0 aliphatic carbocycles. The van der Waals surface area contributed by atoms with E-state index in [0.29, 0.717) is 11.4 Å². The molecule has 0 heterocycles. The fourth-order valence-corrected chi connectivity index (χ4v) is 1.87. The van der Waals surface area contributed by atoms with Crippen LogP contribution in [-0.4, -0.2) is 28.7 Å². The molecule has 0 aromatic heterocycles. The van der Waals surface area contributed by atoms with Crippen LogP contribution in [0.2, 0.25) is 0 Å². The molecule has 1 rings (SSSR count). The Labute approximate surface area is 92.1 Å². The van der Waals surface area contributed by atoms with Crippen molar-refractivity contribution < 1.29 is 14.6 Å². The average molecular weight is 231 g/mol. The van der Waals surface area contributed by atoms with E-state index in [1.165, 1.54) is 17.8 Å². The molecule has 1 atom stereocenters. The van der Waals surface area contributed by atoms with Crippen molar-refractivity contribution in [2.24, 2.45) is 5.73 Å². The molecule has 3 nitrogen and oxygen atoms in total. The van der Waals surface area contributed by atoms with E-state index in [9.17, 15) is 4.39 Å². The van der Waals surface area contributed by atoms with Crippen LogP contribution in [0.4, 0.5) is 4.39 Å². The number of halogens is 1. The van der Waals surface area contributed by atoms with Gasteiger partial charge in [-0.25, -0.2) is 4.39 Å². The highest BCUT2D eigenvalue weighted by molar-refractivity contribution is 7.99. The second-order valence-corrected chi connectivity index (χ2v) is 4.18. The number of benzene rings is 1. The highest BCUT2D eigenvalue weighted by Crippen LogP contribution is 2.23. The zero-order valence-electron chi connectivity index (χ0n) is 8.19. The lowest BCUT2D eigenvalue weighted by atomic mass is 10.2. The largest absolute Gasteiger partial charge is 0.394 e. The van der Waals surface area contributed by atoms with E-state index in [1.54, 1.807) is 12.1 Å². The number of rotatable bonds is 5. The van der Waals surface area contributed by atoms with Crippen LogP contribution in [-0.2, 0) is 6.54 Å². The maximum atomic E-state index is 13.4. The normalized spacial score (nSPS) is 12.8. The summed E-state index contributed by atoms with van der Waals surface area (Å²) in [6.45, 7) is -0.00334. The molecule has 0 spiro atoms.